The summed E-state index contributed by atoms with van der Waals surface area (Å²) in [6, 6.07) is 0. The van der Waals surface area contributed by atoms with Gasteiger partial charge in [-0.15, -0.1) is 0 Å². The first-order valence-electron chi connectivity index (χ1n) is 9.75. The second-order valence-corrected chi connectivity index (χ2v) is 9.00. The summed E-state index contributed by atoms with van der Waals surface area (Å²) in [6.07, 6.45) is 17.1. The van der Waals surface area contributed by atoms with Crippen LogP contribution in [0, 0.1) is 11.8 Å². The van der Waals surface area contributed by atoms with Crippen LogP contribution in [0.1, 0.15) is 105 Å². The minimum absolute atomic E-state index is 0.457. The quantitative estimate of drug-likeness (QED) is 0.626. The highest BCUT2D eigenvalue weighted by Crippen LogP contribution is 2.41. The molecule has 2 rings (SSSR count). The number of rotatable bonds is 6. The van der Waals surface area contributed by atoms with Crippen molar-refractivity contribution in [3.63, 3.8) is 0 Å². The van der Waals surface area contributed by atoms with Gasteiger partial charge in [0.2, 0.25) is 0 Å². The summed E-state index contributed by atoms with van der Waals surface area (Å²) in [5, 5.41) is 4.35. The Bertz CT molecular complexity index is 263. The molecule has 2 aliphatic carbocycles. The second-order valence-electron chi connectivity index (χ2n) is 9.00. The predicted molar refractivity (Wildman–Crippen MR) is 93.7 cm³/mol. The molecule has 0 atom stereocenters. The lowest BCUT2D eigenvalue weighted by Gasteiger charge is -2.50. The smallest absolute Gasteiger partial charge is 0.0189 e. The van der Waals surface area contributed by atoms with Crippen molar-refractivity contribution in [2.24, 2.45) is 11.8 Å². The largest absolute Gasteiger partial charge is 0.306 e. The Morgan fingerprint density at radius 2 is 0.952 bits per heavy atom. The molecule has 0 aromatic rings. The molecule has 0 heterocycles. The third-order valence-corrected chi connectivity index (χ3v) is 5.75. The Hall–Kier alpha value is -0.0400. The van der Waals surface area contributed by atoms with Crippen LogP contribution in [0.5, 0.6) is 0 Å². The summed E-state index contributed by atoms with van der Waals surface area (Å²) < 4.78 is 0. The zero-order valence-electron chi connectivity index (χ0n) is 15.1. The molecule has 1 N–H and O–H groups in total. The molecule has 124 valence electrons. The maximum atomic E-state index is 4.35. The van der Waals surface area contributed by atoms with Crippen LogP contribution in [-0.4, -0.2) is 11.1 Å². The van der Waals surface area contributed by atoms with Crippen LogP contribution in [0.15, 0.2) is 0 Å². The lowest BCUT2D eigenvalue weighted by molar-refractivity contribution is 0.0876. The molecule has 0 aromatic carbocycles. The van der Waals surface area contributed by atoms with E-state index >= 15 is 0 Å². The third-order valence-electron chi connectivity index (χ3n) is 5.75. The molecular formula is C20H39N. The fourth-order valence-electron chi connectivity index (χ4n) is 5.34. The van der Waals surface area contributed by atoms with E-state index in [4.69, 9.17) is 0 Å². The van der Waals surface area contributed by atoms with Gasteiger partial charge in [-0.25, -0.2) is 0 Å². The van der Waals surface area contributed by atoms with E-state index in [0.29, 0.717) is 11.1 Å². The van der Waals surface area contributed by atoms with Gasteiger partial charge in [0.05, 0.1) is 0 Å². The Balaban J connectivity index is 2.13. The molecule has 0 saturated heterocycles. The van der Waals surface area contributed by atoms with Crippen molar-refractivity contribution in [2.75, 3.05) is 0 Å². The molecule has 1 heteroatoms. The first-order chi connectivity index (χ1) is 9.95. The van der Waals surface area contributed by atoms with E-state index in [0.717, 1.165) is 11.8 Å². The summed E-state index contributed by atoms with van der Waals surface area (Å²) in [5.74, 6) is 1.63. The molecular weight excluding hydrogens is 254 g/mol. The van der Waals surface area contributed by atoms with E-state index in [-0.39, 0.29) is 0 Å². The van der Waals surface area contributed by atoms with Gasteiger partial charge in [-0.1, -0.05) is 66.2 Å². The fourth-order valence-corrected chi connectivity index (χ4v) is 5.34. The zero-order valence-corrected chi connectivity index (χ0v) is 15.1. The monoisotopic (exact) mass is 293 g/mol. The normalized spacial score (nSPS) is 25.4. The Morgan fingerprint density at radius 3 is 1.24 bits per heavy atom. The topological polar surface area (TPSA) is 12.0 Å². The Morgan fingerprint density at radius 1 is 0.619 bits per heavy atom. The summed E-state index contributed by atoms with van der Waals surface area (Å²) in [5.41, 5.74) is 0.914. The van der Waals surface area contributed by atoms with Crippen LogP contribution < -0.4 is 5.32 Å². The fraction of sp³-hybridized carbons (Fsp3) is 1.00. The zero-order chi connectivity index (χ0) is 15.3. The number of hydrogen-bond acceptors (Lipinski definition) is 1. The molecule has 2 aliphatic rings. The minimum atomic E-state index is 0.457. The highest BCUT2D eigenvalue weighted by atomic mass is 15.1. The molecule has 0 spiro atoms. The maximum absolute atomic E-state index is 4.35. The van der Waals surface area contributed by atoms with Gasteiger partial charge >= 0.3 is 0 Å². The van der Waals surface area contributed by atoms with Crippen molar-refractivity contribution in [2.45, 2.75) is 116 Å². The molecule has 0 aliphatic heterocycles. The first-order valence-corrected chi connectivity index (χ1v) is 9.75. The average molecular weight is 294 g/mol. The van der Waals surface area contributed by atoms with E-state index in [1.54, 1.807) is 0 Å². The van der Waals surface area contributed by atoms with E-state index in [1.807, 2.05) is 0 Å². The van der Waals surface area contributed by atoms with Crippen LogP contribution in [-0.2, 0) is 0 Å². The van der Waals surface area contributed by atoms with Crippen molar-refractivity contribution < 1.29 is 0 Å². The molecule has 2 saturated carbocycles. The van der Waals surface area contributed by atoms with E-state index in [2.05, 4.69) is 33.0 Å². The molecule has 0 unspecified atom stereocenters. The third kappa shape index (κ3) is 4.98. The van der Waals surface area contributed by atoms with Gasteiger partial charge in [-0.05, 0) is 50.4 Å². The Kier molecular flexibility index (Phi) is 6.17. The highest BCUT2D eigenvalue weighted by molar-refractivity contribution is 5.01. The molecule has 0 radical (unpaired) electrons. The van der Waals surface area contributed by atoms with Gasteiger partial charge in [0.25, 0.3) is 0 Å². The molecule has 2 fully saturated rings. The van der Waals surface area contributed by atoms with Crippen molar-refractivity contribution in [3.05, 3.63) is 0 Å². The van der Waals surface area contributed by atoms with Gasteiger partial charge in [0, 0.05) is 11.1 Å². The van der Waals surface area contributed by atoms with Gasteiger partial charge in [0.15, 0.2) is 0 Å². The Labute approximate surface area is 133 Å². The minimum Gasteiger partial charge on any atom is -0.306 e. The van der Waals surface area contributed by atoms with E-state index < -0.39 is 0 Å². The van der Waals surface area contributed by atoms with Crippen molar-refractivity contribution >= 4 is 0 Å². The molecule has 1 nitrogen and oxygen atoms in total. The van der Waals surface area contributed by atoms with Crippen molar-refractivity contribution in [3.8, 4) is 0 Å². The van der Waals surface area contributed by atoms with Crippen LogP contribution in [0.25, 0.3) is 0 Å². The molecule has 0 amide bonds. The first kappa shape index (κ1) is 17.3. The van der Waals surface area contributed by atoms with Crippen LogP contribution in [0.4, 0.5) is 0 Å². The molecule has 0 bridgehead atoms. The van der Waals surface area contributed by atoms with Crippen molar-refractivity contribution in [1.29, 1.82) is 0 Å². The predicted octanol–water partition coefficient (Wildman–Crippen LogP) is 6.07. The standard InChI is InChI=1S/C20H39N/c1-17(2)15-19(11-7-5-8-12-19)21-20(16-18(3)4)13-9-6-10-14-20/h17-18,21H,5-16H2,1-4H3. The summed E-state index contributed by atoms with van der Waals surface area (Å²) in [4.78, 5) is 0. The van der Waals surface area contributed by atoms with Gasteiger partial charge in [-0.2, -0.15) is 0 Å². The van der Waals surface area contributed by atoms with E-state index in [9.17, 15) is 0 Å². The SMILES string of the molecule is CC(C)CC1(NC2(CC(C)C)CCCCC2)CCCCC1. The average Bonchev–Trinajstić information content (AvgIpc) is 2.38. The lowest BCUT2D eigenvalue weighted by atomic mass is 9.70. The molecule has 0 aromatic heterocycles. The maximum Gasteiger partial charge on any atom is 0.0189 e. The van der Waals surface area contributed by atoms with Gasteiger partial charge < -0.3 is 5.32 Å². The lowest BCUT2D eigenvalue weighted by Crippen LogP contribution is -2.60. The summed E-state index contributed by atoms with van der Waals surface area (Å²) >= 11 is 0. The number of nitrogens with one attached hydrogen (secondary N) is 1. The second kappa shape index (κ2) is 7.49. The summed E-state index contributed by atoms with van der Waals surface area (Å²) in [6.45, 7) is 9.64. The van der Waals surface area contributed by atoms with E-state index in [1.165, 1.54) is 77.0 Å². The van der Waals surface area contributed by atoms with Crippen LogP contribution in [0.3, 0.4) is 0 Å². The van der Waals surface area contributed by atoms with Crippen LogP contribution >= 0.6 is 0 Å². The highest BCUT2D eigenvalue weighted by Gasteiger charge is 2.41. The van der Waals surface area contributed by atoms with Gasteiger partial charge in [0.1, 0.15) is 0 Å². The van der Waals surface area contributed by atoms with Gasteiger partial charge in [-0.3, -0.25) is 0 Å². The summed E-state index contributed by atoms with van der Waals surface area (Å²) in [7, 11) is 0. The van der Waals surface area contributed by atoms with Crippen molar-refractivity contribution in [1.82, 2.24) is 5.32 Å². The number of hydrogen-bond donors (Lipinski definition) is 1. The van der Waals surface area contributed by atoms with Crippen LogP contribution in [0.2, 0.25) is 0 Å². The molecule has 21 heavy (non-hydrogen) atoms.